The Balaban J connectivity index is 1.98. The van der Waals surface area contributed by atoms with Crippen molar-refractivity contribution in [3.63, 3.8) is 0 Å². The van der Waals surface area contributed by atoms with Gasteiger partial charge in [0, 0.05) is 10.9 Å². The second-order valence-corrected chi connectivity index (χ2v) is 5.64. The van der Waals surface area contributed by atoms with Crippen LogP contribution in [0, 0.1) is 6.92 Å². The molecule has 2 N–H and O–H groups in total. The first kappa shape index (κ1) is 17.5. The van der Waals surface area contributed by atoms with Crippen molar-refractivity contribution in [1.29, 1.82) is 0 Å². The predicted octanol–water partition coefficient (Wildman–Crippen LogP) is 2.16. The SMILES string of the molecule is COc1ccc(NC(=O)C(=O)N/N=C\c2sccc2C)c(OC)c1. The van der Waals surface area contributed by atoms with Crippen LogP contribution in [0.4, 0.5) is 5.69 Å². The zero-order chi connectivity index (χ0) is 17.5. The van der Waals surface area contributed by atoms with E-state index >= 15 is 0 Å². The third kappa shape index (κ3) is 4.32. The molecule has 0 radical (unpaired) electrons. The van der Waals surface area contributed by atoms with Gasteiger partial charge in [-0.1, -0.05) is 0 Å². The molecule has 0 aliphatic carbocycles. The maximum Gasteiger partial charge on any atom is 0.329 e. The molecule has 8 heteroatoms. The van der Waals surface area contributed by atoms with Gasteiger partial charge < -0.3 is 14.8 Å². The third-order valence-corrected chi connectivity index (χ3v) is 4.07. The summed E-state index contributed by atoms with van der Waals surface area (Å²) in [6.45, 7) is 1.93. The predicted molar refractivity (Wildman–Crippen MR) is 93.0 cm³/mol. The van der Waals surface area contributed by atoms with E-state index < -0.39 is 11.8 Å². The van der Waals surface area contributed by atoms with Gasteiger partial charge in [0.1, 0.15) is 11.5 Å². The summed E-state index contributed by atoms with van der Waals surface area (Å²) in [6, 6.07) is 6.77. The lowest BCUT2D eigenvalue weighted by Gasteiger charge is -2.10. The molecule has 0 unspecified atom stereocenters. The number of carbonyl (C=O) groups excluding carboxylic acids is 2. The molecule has 0 fully saturated rings. The molecule has 1 aromatic carbocycles. The highest BCUT2D eigenvalue weighted by molar-refractivity contribution is 7.11. The van der Waals surface area contributed by atoms with Crippen LogP contribution in [0.5, 0.6) is 11.5 Å². The largest absolute Gasteiger partial charge is 0.497 e. The summed E-state index contributed by atoms with van der Waals surface area (Å²) in [4.78, 5) is 24.6. The highest BCUT2D eigenvalue weighted by Crippen LogP contribution is 2.28. The molecule has 1 aromatic heterocycles. The number of carbonyl (C=O) groups is 2. The van der Waals surface area contributed by atoms with E-state index in [1.54, 1.807) is 18.2 Å². The van der Waals surface area contributed by atoms with E-state index in [-0.39, 0.29) is 0 Å². The molecule has 7 nitrogen and oxygen atoms in total. The summed E-state index contributed by atoms with van der Waals surface area (Å²) in [7, 11) is 2.98. The molecular formula is C16H17N3O4S. The quantitative estimate of drug-likeness (QED) is 0.493. The van der Waals surface area contributed by atoms with Crippen molar-refractivity contribution < 1.29 is 19.1 Å². The normalized spacial score (nSPS) is 10.5. The zero-order valence-corrected chi connectivity index (χ0v) is 14.3. The van der Waals surface area contributed by atoms with E-state index in [2.05, 4.69) is 15.8 Å². The van der Waals surface area contributed by atoms with Crippen molar-refractivity contribution in [1.82, 2.24) is 5.43 Å². The van der Waals surface area contributed by atoms with Gasteiger partial charge in [-0.05, 0) is 36.1 Å². The molecule has 0 aliphatic rings. The van der Waals surface area contributed by atoms with Crippen LogP contribution >= 0.6 is 11.3 Å². The van der Waals surface area contributed by atoms with Crippen LogP contribution in [0.15, 0.2) is 34.7 Å². The molecule has 126 valence electrons. The zero-order valence-electron chi connectivity index (χ0n) is 13.5. The molecule has 2 aromatic rings. The first-order valence-corrected chi connectivity index (χ1v) is 7.83. The number of aryl methyl sites for hydroxylation is 1. The Morgan fingerprint density at radius 1 is 1.17 bits per heavy atom. The molecule has 0 aliphatic heterocycles. The van der Waals surface area contributed by atoms with E-state index in [9.17, 15) is 9.59 Å². The molecule has 24 heavy (non-hydrogen) atoms. The van der Waals surface area contributed by atoms with Gasteiger partial charge in [0.15, 0.2) is 0 Å². The number of ether oxygens (including phenoxy) is 2. The molecule has 0 saturated heterocycles. The number of anilines is 1. The number of hydrogen-bond acceptors (Lipinski definition) is 6. The molecule has 1 heterocycles. The molecule has 0 bridgehead atoms. The first-order chi connectivity index (χ1) is 11.5. The van der Waals surface area contributed by atoms with Gasteiger partial charge in [-0.2, -0.15) is 5.10 Å². The van der Waals surface area contributed by atoms with E-state index in [1.165, 1.54) is 31.8 Å². The summed E-state index contributed by atoms with van der Waals surface area (Å²) in [5.74, 6) is -0.768. The standard InChI is InChI=1S/C16H17N3O4S/c1-10-6-7-24-14(10)9-17-19-16(21)15(20)18-12-5-4-11(22-2)8-13(12)23-3/h4-9H,1-3H3,(H,18,20)(H,19,21)/b17-9-. The highest BCUT2D eigenvalue weighted by atomic mass is 32.1. The Morgan fingerprint density at radius 2 is 1.96 bits per heavy atom. The Bertz CT molecular complexity index is 770. The van der Waals surface area contributed by atoms with Crippen molar-refractivity contribution in [3.8, 4) is 11.5 Å². The van der Waals surface area contributed by atoms with Crippen LogP contribution in [0.2, 0.25) is 0 Å². The average Bonchev–Trinajstić information content (AvgIpc) is 3.00. The number of nitrogens with one attached hydrogen (secondary N) is 2. The maximum atomic E-state index is 11.9. The first-order valence-electron chi connectivity index (χ1n) is 6.95. The third-order valence-electron chi connectivity index (χ3n) is 3.11. The number of amides is 2. The van der Waals surface area contributed by atoms with Gasteiger partial charge in [0.2, 0.25) is 0 Å². The number of nitrogens with zero attached hydrogens (tertiary/aromatic N) is 1. The van der Waals surface area contributed by atoms with E-state index in [0.717, 1.165) is 10.4 Å². The lowest BCUT2D eigenvalue weighted by molar-refractivity contribution is -0.136. The Kier molecular flexibility index (Phi) is 5.91. The number of benzene rings is 1. The molecule has 2 rings (SSSR count). The van der Waals surface area contributed by atoms with Crippen LogP contribution in [0.1, 0.15) is 10.4 Å². The van der Waals surface area contributed by atoms with Crippen LogP contribution in [-0.2, 0) is 9.59 Å². The van der Waals surface area contributed by atoms with Crippen LogP contribution < -0.4 is 20.2 Å². The summed E-state index contributed by atoms with van der Waals surface area (Å²) in [6.07, 6.45) is 1.50. The van der Waals surface area contributed by atoms with Crippen LogP contribution in [0.25, 0.3) is 0 Å². The van der Waals surface area contributed by atoms with Crippen LogP contribution in [-0.4, -0.2) is 32.2 Å². The molecule has 2 amide bonds. The van der Waals surface area contributed by atoms with Crippen LogP contribution in [0.3, 0.4) is 0 Å². The molecule has 0 spiro atoms. The van der Waals surface area contributed by atoms with Gasteiger partial charge in [0.25, 0.3) is 0 Å². The number of methoxy groups -OCH3 is 2. The fraction of sp³-hybridized carbons (Fsp3) is 0.188. The van der Waals surface area contributed by atoms with E-state index in [4.69, 9.17) is 9.47 Å². The van der Waals surface area contributed by atoms with Crippen molar-refractivity contribution >= 4 is 35.1 Å². The summed E-state index contributed by atoms with van der Waals surface area (Å²) >= 11 is 1.49. The highest BCUT2D eigenvalue weighted by Gasteiger charge is 2.15. The van der Waals surface area contributed by atoms with Crippen molar-refractivity contribution in [2.75, 3.05) is 19.5 Å². The smallest absolute Gasteiger partial charge is 0.329 e. The lowest BCUT2D eigenvalue weighted by Crippen LogP contribution is -2.32. The second-order valence-electron chi connectivity index (χ2n) is 4.69. The van der Waals surface area contributed by atoms with E-state index in [1.807, 2.05) is 18.4 Å². The Labute approximate surface area is 143 Å². The minimum absolute atomic E-state index is 0.358. The monoisotopic (exact) mass is 347 g/mol. The van der Waals surface area contributed by atoms with Crippen molar-refractivity contribution in [2.24, 2.45) is 5.10 Å². The van der Waals surface area contributed by atoms with E-state index in [0.29, 0.717) is 17.2 Å². The Hall–Kier alpha value is -2.87. The van der Waals surface area contributed by atoms with Gasteiger partial charge in [-0.3, -0.25) is 9.59 Å². The molecule has 0 atom stereocenters. The van der Waals surface area contributed by atoms with Gasteiger partial charge in [-0.25, -0.2) is 5.43 Å². The van der Waals surface area contributed by atoms with Gasteiger partial charge in [0.05, 0.1) is 26.1 Å². The second kappa shape index (κ2) is 8.11. The summed E-state index contributed by atoms with van der Waals surface area (Å²) in [5, 5.41) is 8.16. The topological polar surface area (TPSA) is 89.0 Å². The summed E-state index contributed by atoms with van der Waals surface area (Å²) in [5.41, 5.74) is 3.59. The average molecular weight is 347 g/mol. The number of hydrogen-bond donors (Lipinski definition) is 2. The molecular weight excluding hydrogens is 330 g/mol. The fourth-order valence-corrected chi connectivity index (χ4v) is 2.58. The lowest BCUT2D eigenvalue weighted by atomic mass is 10.2. The Morgan fingerprint density at radius 3 is 2.58 bits per heavy atom. The van der Waals surface area contributed by atoms with Gasteiger partial charge in [-0.15, -0.1) is 11.3 Å². The fourth-order valence-electron chi connectivity index (χ4n) is 1.80. The molecule has 0 saturated carbocycles. The van der Waals surface area contributed by atoms with Crippen molar-refractivity contribution in [3.05, 3.63) is 40.1 Å². The number of rotatable bonds is 5. The number of hydrazone groups is 1. The number of thiophene rings is 1. The minimum atomic E-state index is -0.877. The van der Waals surface area contributed by atoms with Gasteiger partial charge >= 0.3 is 11.8 Å². The van der Waals surface area contributed by atoms with Crippen molar-refractivity contribution in [2.45, 2.75) is 6.92 Å². The summed E-state index contributed by atoms with van der Waals surface area (Å²) < 4.78 is 10.2. The maximum absolute atomic E-state index is 11.9. The minimum Gasteiger partial charge on any atom is -0.497 e.